The molecule has 0 amide bonds. The van der Waals surface area contributed by atoms with E-state index in [2.05, 4.69) is 6.92 Å². The van der Waals surface area contributed by atoms with E-state index in [1.165, 1.54) is 38.5 Å². The maximum absolute atomic E-state index is 12.4. The summed E-state index contributed by atoms with van der Waals surface area (Å²) in [6.07, 6.45) is 8.85. The molecule has 0 heterocycles. The Labute approximate surface area is 86.3 Å². The lowest BCUT2D eigenvalue weighted by Gasteiger charge is -2.24. The Balaban J connectivity index is 1.74. The molecule has 14 heavy (non-hydrogen) atoms. The lowest BCUT2D eigenvalue weighted by molar-refractivity contribution is -0.129. The van der Waals surface area contributed by atoms with Gasteiger partial charge < -0.3 is 0 Å². The molecule has 3 saturated carbocycles. The number of ketones is 1. The molecule has 1 heteroatoms. The fraction of sp³-hybridized carbons (Fsp3) is 0.923. The largest absolute Gasteiger partial charge is 0.299 e. The van der Waals surface area contributed by atoms with Crippen LogP contribution in [0, 0.1) is 23.2 Å². The van der Waals surface area contributed by atoms with Gasteiger partial charge in [-0.15, -0.1) is 0 Å². The number of hydrogen-bond acceptors (Lipinski definition) is 1. The summed E-state index contributed by atoms with van der Waals surface area (Å²) >= 11 is 0. The summed E-state index contributed by atoms with van der Waals surface area (Å²) in [5.74, 6) is 2.85. The molecule has 0 aromatic heterocycles. The van der Waals surface area contributed by atoms with Crippen LogP contribution < -0.4 is 0 Å². The second kappa shape index (κ2) is 2.84. The van der Waals surface area contributed by atoms with Crippen molar-refractivity contribution in [2.24, 2.45) is 23.2 Å². The summed E-state index contributed by atoms with van der Waals surface area (Å²) in [6.45, 7) is 2.19. The summed E-state index contributed by atoms with van der Waals surface area (Å²) in [7, 11) is 0. The van der Waals surface area contributed by atoms with Crippen LogP contribution in [-0.2, 0) is 4.79 Å². The van der Waals surface area contributed by atoms with Gasteiger partial charge in [0.25, 0.3) is 0 Å². The van der Waals surface area contributed by atoms with Crippen LogP contribution in [0.1, 0.15) is 51.9 Å². The first kappa shape index (κ1) is 8.94. The predicted molar refractivity (Wildman–Crippen MR) is 55.9 cm³/mol. The zero-order valence-corrected chi connectivity index (χ0v) is 9.09. The Hall–Kier alpha value is -0.330. The van der Waals surface area contributed by atoms with Gasteiger partial charge in [-0.3, -0.25) is 4.79 Å². The van der Waals surface area contributed by atoms with Gasteiger partial charge in [-0.2, -0.15) is 0 Å². The minimum atomic E-state index is 0.176. The maximum atomic E-state index is 12.4. The van der Waals surface area contributed by atoms with Crippen LogP contribution >= 0.6 is 0 Å². The van der Waals surface area contributed by atoms with Crippen molar-refractivity contribution in [1.29, 1.82) is 0 Å². The molecule has 78 valence electrons. The van der Waals surface area contributed by atoms with E-state index in [1.807, 2.05) is 0 Å². The molecule has 3 unspecified atom stereocenters. The molecule has 0 aromatic carbocycles. The predicted octanol–water partition coefficient (Wildman–Crippen LogP) is 3.18. The molecular formula is C13H20O. The Morgan fingerprint density at radius 3 is 2.50 bits per heavy atom. The van der Waals surface area contributed by atoms with Crippen molar-refractivity contribution in [3.8, 4) is 0 Å². The summed E-state index contributed by atoms with van der Waals surface area (Å²) in [4.78, 5) is 12.4. The third-order valence-electron chi connectivity index (χ3n) is 5.13. The van der Waals surface area contributed by atoms with Gasteiger partial charge in [0.15, 0.2) is 0 Å². The van der Waals surface area contributed by atoms with E-state index in [1.54, 1.807) is 0 Å². The zero-order chi connectivity index (χ0) is 9.76. The standard InChI is InChI=1S/C13H20O/c1-2-13(5-6-13)12(14)11-8-9-3-4-10(11)7-9/h9-11H,2-8H2,1H3. The van der Waals surface area contributed by atoms with E-state index >= 15 is 0 Å². The highest BCUT2D eigenvalue weighted by molar-refractivity contribution is 5.90. The highest BCUT2D eigenvalue weighted by atomic mass is 16.1. The number of Topliss-reactive ketones (excluding diaryl/α,β-unsaturated/α-hetero) is 1. The van der Waals surface area contributed by atoms with Gasteiger partial charge >= 0.3 is 0 Å². The van der Waals surface area contributed by atoms with Gasteiger partial charge in [0.2, 0.25) is 0 Å². The van der Waals surface area contributed by atoms with E-state index in [4.69, 9.17) is 0 Å². The van der Waals surface area contributed by atoms with Crippen LogP contribution in [0.3, 0.4) is 0 Å². The summed E-state index contributed by atoms with van der Waals surface area (Å²) < 4.78 is 0. The zero-order valence-electron chi connectivity index (χ0n) is 9.09. The van der Waals surface area contributed by atoms with Gasteiger partial charge in [0.05, 0.1) is 0 Å². The van der Waals surface area contributed by atoms with Crippen molar-refractivity contribution in [1.82, 2.24) is 0 Å². The molecular weight excluding hydrogens is 172 g/mol. The fourth-order valence-corrected chi connectivity index (χ4v) is 3.88. The lowest BCUT2D eigenvalue weighted by atomic mass is 9.79. The van der Waals surface area contributed by atoms with Crippen LogP contribution in [0.2, 0.25) is 0 Å². The molecule has 3 fully saturated rings. The number of hydrogen-bond donors (Lipinski definition) is 0. The monoisotopic (exact) mass is 192 g/mol. The number of rotatable bonds is 3. The highest BCUT2D eigenvalue weighted by Crippen LogP contribution is 2.57. The number of carbonyl (C=O) groups excluding carboxylic acids is 1. The van der Waals surface area contributed by atoms with E-state index in [-0.39, 0.29) is 5.41 Å². The quantitative estimate of drug-likeness (QED) is 0.671. The average Bonchev–Trinajstić information content (AvgIpc) is 2.73. The molecule has 2 bridgehead atoms. The van der Waals surface area contributed by atoms with Gasteiger partial charge in [-0.1, -0.05) is 13.3 Å². The summed E-state index contributed by atoms with van der Waals surface area (Å²) in [5, 5.41) is 0. The molecule has 1 nitrogen and oxygen atoms in total. The first-order valence-corrected chi connectivity index (χ1v) is 6.29. The van der Waals surface area contributed by atoms with E-state index < -0.39 is 0 Å². The summed E-state index contributed by atoms with van der Waals surface area (Å²) in [6, 6.07) is 0. The number of fused-ring (bicyclic) bond motifs is 2. The third-order valence-corrected chi connectivity index (χ3v) is 5.13. The normalized spacial score (nSPS) is 42.8. The topological polar surface area (TPSA) is 17.1 Å². The Morgan fingerprint density at radius 2 is 2.07 bits per heavy atom. The first-order chi connectivity index (χ1) is 6.75. The Morgan fingerprint density at radius 1 is 1.29 bits per heavy atom. The fourth-order valence-electron chi connectivity index (χ4n) is 3.88. The van der Waals surface area contributed by atoms with Gasteiger partial charge in [0, 0.05) is 11.3 Å². The lowest BCUT2D eigenvalue weighted by Crippen LogP contribution is -2.28. The van der Waals surface area contributed by atoms with Crippen LogP contribution in [0.25, 0.3) is 0 Å². The minimum absolute atomic E-state index is 0.176. The maximum Gasteiger partial charge on any atom is 0.142 e. The van der Waals surface area contributed by atoms with Crippen molar-refractivity contribution in [3.63, 3.8) is 0 Å². The van der Waals surface area contributed by atoms with Crippen LogP contribution in [-0.4, -0.2) is 5.78 Å². The van der Waals surface area contributed by atoms with Crippen molar-refractivity contribution >= 4 is 5.78 Å². The molecule has 0 spiro atoms. The second-order valence-corrected chi connectivity index (χ2v) is 5.78. The Bertz CT molecular complexity index is 264. The van der Waals surface area contributed by atoms with Crippen LogP contribution in [0.5, 0.6) is 0 Å². The molecule has 0 radical (unpaired) electrons. The second-order valence-electron chi connectivity index (χ2n) is 5.78. The van der Waals surface area contributed by atoms with Gasteiger partial charge in [-0.05, 0) is 50.4 Å². The molecule has 3 aliphatic carbocycles. The van der Waals surface area contributed by atoms with E-state index in [0.717, 1.165) is 18.3 Å². The smallest absolute Gasteiger partial charge is 0.142 e. The third kappa shape index (κ3) is 1.11. The molecule has 0 aromatic rings. The first-order valence-electron chi connectivity index (χ1n) is 6.29. The van der Waals surface area contributed by atoms with Gasteiger partial charge in [0.1, 0.15) is 5.78 Å². The van der Waals surface area contributed by atoms with E-state index in [0.29, 0.717) is 11.7 Å². The minimum Gasteiger partial charge on any atom is -0.299 e. The number of carbonyl (C=O) groups is 1. The summed E-state index contributed by atoms with van der Waals surface area (Å²) in [5.41, 5.74) is 0.176. The average molecular weight is 192 g/mol. The Kier molecular flexibility index (Phi) is 1.81. The molecule has 0 saturated heterocycles. The molecule has 0 N–H and O–H groups in total. The van der Waals surface area contributed by atoms with Crippen molar-refractivity contribution in [2.45, 2.75) is 51.9 Å². The molecule has 0 aliphatic heterocycles. The van der Waals surface area contributed by atoms with Crippen LogP contribution in [0.4, 0.5) is 0 Å². The highest BCUT2D eigenvalue weighted by Gasteiger charge is 2.54. The van der Waals surface area contributed by atoms with Crippen molar-refractivity contribution < 1.29 is 4.79 Å². The van der Waals surface area contributed by atoms with Crippen molar-refractivity contribution in [3.05, 3.63) is 0 Å². The van der Waals surface area contributed by atoms with Crippen LogP contribution in [0.15, 0.2) is 0 Å². The SMILES string of the molecule is CCC1(C(=O)C2CC3CCC2C3)CC1. The van der Waals surface area contributed by atoms with Crippen molar-refractivity contribution in [2.75, 3.05) is 0 Å². The molecule has 3 atom stereocenters. The molecule has 3 aliphatic rings. The van der Waals surface area contributed by atoms with E-state index in [9.17, 15) is 4.79 Å². The van der Waals surface area contributed by atoms with Gasteiger partial charge in [-0.25, -0.2) is 0 Å². The molecule has 3 rings (SSSR count).